The number of nitrogens with zero attached hydrogens (tertiary/aromatic N) is 1. The summed E-state index contributed by atoms with van der Waals surface area (Å²) in [5.41, 5.74) is 3.61. The number of H-pyrrole nitrogens is 1. The Morgan fingerprint density at radius 1 is 1.14 bits per heavy atom. The quantitative estimate of drug-likeness (QED) is 0.758. The van der Waals surface area contributed by atoms with Crippen molar-refractivity contribution in [2.45, 2.75) is 6.92 Å². The molecule has 0 radical (unpaired) electrons. The van der Waals surface area contributed by atoms with E-state index < -0.39 is 0 Å². The van der Waals surface area contributed by atoms with Crippen molar-refractivity contribution >= 4 is 23.2 Å². The lowest BCUT2D eigenvalue weighted by atomic mass is 10.1. The van der Waals surface area contributed by atoms with E-state index in [9.17, 15) is 4.79 Å². The Labute approximate surface area is 133 Å². The minimum absolute atomic E-state index is 0.250. The molecule has 22 heavy (non-hydrogen) atoms. The molecule has 110 valence electrons. The van der Waals surface area contributed by atoms with Crippen LogP contribution >= 0.6 is 11.6 Å². The normalized spacial score (nSPS) is 10.5. The first kappa shape index (κ1) is 14.4. The summed E-state index contributed by atoms with van der Waals surface area (Å²) in [5, 5.41) is 10.4. The standard InChI is InChI=1S/C17H14ClN3O/c1-11-13(18)8-5-9-14(11)19-17(22)16-10-15(20-21-16)12-6-3-2-4-7-12/h2-10H,1H3,(H,19,22)(H,20,21). The largest absolute Gasteiger partial charge is 0.320 e. The predicted molar refractivity (Wildman–Crippen MR) is 88.2 cm³/mol. The van der Waals surface area contributed by atoms with Gasteiger partial charge in [0.15, 0.2) is 0 Å². The summed E-state index contributed by atoms with van der Waals surface area (Å²) in [7, 11) is 0. The first-order chi connectivity index (χ1) is 10.6. The Hall–Kier alpha value is -2.59. The second-order valence-electron chi connectivity index (χ2n) is 4.90. The van der Waals surface area contributed by atoms with Crippen molar-refractivity contribution in [3.63, 3.8) is 0 Å². The number of carbonyl (C=O) groups is 1. The molecule has 0 saturated heterocycles. The molecule has 0 fully saturated rings. The van der Waals surface area contributed by atoms with Gasteiger partial charge in [-0.2, -0.15) is 5.10 Å². The van der Waals surface area contributed by atoms with Crippen molar-refractivity contribution in [3.8, 4) is 11.3 Å². The van der Waals surface area contributed by atoms with Gasteiger partial charge in [-0.1, -0.05) is 48.0 Å². The molecule has 0 aliphatic carbocycles. The minimum Gasteiger partial charge on any atom is -0.320 e. The molecule has 0 unspecified atom stereocenters. The van der Waals surface area contributed by atoms with Crippen LogP contribution in [0, 0.1) is 6.92 Å². The number of anilines is 1. The second kappa shape index (κ2) is 6.03. The summed E-state index contributed by atoms with van der Waals surface area (Å²) >= 11 is 6.06. The number of aromatic nitrogens is 2. The van der Waals surface area contributed by atoms with Crippen LogP contribution in [-0.4, -0.2) is 16.1 Å². The highest BCUT2D eigenvalue weighted by Crippen LogP contribution is 2.24. The van der Waals surface area contributed by atoms with E-state index in [4.69, 9.17) is 11.6 Å². The van der Waals surface area contributed by atoms with Crippen molar-refractivity contribution in [1.29, 1.82) is 0 Å². The maximum atomic E-state index is 12.3. The van der Waals surface area contributed by atoms with Gasteiger partial charge in [0.2, 0.25) is 0 Å². The molecule has 0 spiro atoms. The number of hydrogen-bond acceptors (Lipinski definition) is 2. The number of rotatable bonds is 3. The topological polar surface area (TPSA) is 57.8 Å². The van der Waals surface area contributed by atoms with Crippen LogP contribution in [0.4, 0.5) is 5.69 Å². The maximum absolute atomic E-state index is 12.3. The van der Waals surface area contributed by atoms with Crippen molar-refractivity contribution in [2.24, 2.45) is 0 Å². The van der Waals surface area contributed by atoms with Gasteiger partial charge in [0, 0.05) is 16.3 Å². The average molecular weight is 312 g/mol. The van der Waals surface area contributed by atoms with Crippen LogP contribution < -0.4 is 5.32 Å². The van der Waals surface area contributed by atoms with E-state index in [1.54, 1.807) is 18.2 Å². The summed E-state index contributed by atoms with van der Waals surface area (Å²) in [4.78, 5) is 12.3. The lowest BCUT2D eigenvalue weighted by Gasteiger charge is -2.08. The van der Waals surface area contributed by atoms with Gasteiger partial charge in [-0.05, 0) is 30.7 Å². The smallest absolute Gasteiger partial charge is 0.273 e. The van der Waals surface area contributed by atoms with Crippen LogP contribution in [0.15, 0.2) is 54.6 Å². The van der Waals surface area contributed by atoms with Crippen LogP contribution in [0.5, 0.6) is 0 Å². The Bertz CT molecular complexity index is 812. The molecule has 2 N–H and O–H groups in total. The number of benzene rings is 2. The predicted octanol–water partition coefficient (Wildman–Crippen LogP) is 4.29. The van der Waals surface area contributed by atoms with Gasteiger partial charge < -0.3 is 5.32 Å². The van der Waals surface area contributed by atoms with Crippen LogP contribution in [-0.2, 0) is 0 Å². The first-order valence-corrected chi connectivity index (χ1v) is 7.20. The van der Waals surface area contributed by atoms with E-state index in [-0.39, 0.29) is 5.91 Å². The number of carbonyl (C=O) groups excluding carboxylic acids is 1. The van der Waals surface area contributed by atoms with Crippen molar-refractivity contribution in [1.82, 2.24) is 10.2 Å². The summed E-state index contributed by atoms with van der Waals surface area (Å²) in [6, 6.07) is 16.8. The summed E-state index contributed by atoms with van der Waals surface area (Å²) in [6.07, 6.45) is 0. The van der Waals surface area contributed by atoms with Crippen molar-refractivity contribution in [3.05, 3.63) is 70.9 Å². The van der Waals surface area contributed by atoms with Crippen LogP contribution in [0.25, 0.3) is 11.3 Å². The number of halogens is 1. The molecule has 0 aliphatic heterocycles. The molecule has 1 heterocycles. The average Bonchev–Trinajstić information content (AvgIpc) is 3.03. The van der Waals surface area contributed by atoms with E-state index in [0.29, 0.717) is 16.4 Å². The molecule has 1 amide bonds. The van der Waals surface area contributed by atoms with E-state index in [0.717, 1.165) is 16.8 Å². The van der Waals surface area contributed by atoms with Gasteiger partial charge in [-0.25, -0.2) is 0 Å². The number of amides is 1. The molecular formula is C17H14ClN3O. The monoisotopic (exact) mass is 311 g/mol. The van der Waals surface area contributed by atoms with Gasteiger partial charge in [0.25, 0.3) is 5.91 Å². The molecule has 2 aromatic carbocycles. The zero-order valence-electron chi connectivity index (χ0n) is 11.9. The number of aromatic amines is 1. The highest BCUT2D eigenvalue weighted by Gasteiger charge is 2.12. The summed E-state index contributed by atoms with van der Waals surface area (Å²) in [6.45, 7) is 1.86. The molecule has 4 nitrogen and oxygen atoms in total. The highest BCUT2D eigenvalue weighted by atomic mass is 35.5. The molecule has 0 bridgehead atoms. The maximum Gasteiger partial charge on any atom is 0.273 e. The zero-order chi connectivity index (χ0) is 15.5. The minimum atomic E-state index is -0.250. The van der Waals surface area contributed by atoms with Gasteiger partial charge in [-0.15, -0.1) is 0 Å². The number of nitrogens with one attached hydrogen (secondary N) is 2. The van der Waals surface area contributed by atoms with E-state index in [2.05, 4.69) is 15.5 Å². The summed E-state index contributed by atoms with van der Waals surface area (Å²) in [5.74, 6) is -0.250. The van der Waals surface area contributed by atoms with Crippen molar-refractivity contribution < 1.29 is 4.79 Å². The molecule has 1 aromatic heterocycles. The van der Waals surface area contributed by atoms with E-state index >= 15 is 0 Å². The summed E-state index contributed by atoms with van der Waals surface area (Å²) < 4.78 is 0. The van der Waals surface area contributed by atoms with Gasteiger partial charge in [0.05, 0.1) is 5.69 Å². The molecule has 3 aromatic rings. The second-order valence-corrected chi connectivity index (χ2v) is 5.31. The lowest BCUT2D eigenvalue weighted by Crippen LogP contribution is -2.13. The first-order valence-electron chi connectivity index (χ1n) is 6.82. The fourth-order valence-corrected chi connectivity index (χ4v) is 2.30. The Balaban J connectivity index is 1.82. The fourth-order valence-electron chi connectivity index (χ4n) is 2.13. The zero-order valence-corrected chi connectivity index (χ0v) is 12.7. The third-order valence-electron chi connectivity index (χ3n) is 3.41. The number of hydrogen-bond donors (Lipinski definition) is 2. The highest BCUT2D eigenvalue weighted by molar-refractivity contribution is 6.31. The third-order valence-corrected chi connectivity index (χ3v) is 3.82. The SMILES string of the molecule is Cc1c(Cl)cccc1NC(=O)c1cc(-c2ccccc2)n[nH]1. The Kier molecular flexibility index (Phi) is 3.94. The van der Waals surface area contributed by atoms with Gasteiger partial charge in [0.1, 0.15) is 5.69 Å². The Morgan fingerprint density at radius 2 is 1.91 bits per heavy atom. The molecular weight excluding hydrogens is 298 g/mol. The molecule has 5 heteroatoms. The molecule has 0 saturated carbocycles. The fraction of sp³-hybridized carbons (Fsp3) is 0.0588. The van der Waals surface area contributed by atoms with Gasteiger partial charge >= 0.3 is 0 Å². The van der Waals surface area contributed by atoms with Crippen LogP contribution in [0.3, 0.4) is 0 Å². The molecule has 3 rings (SSSR count). The van der Waals surface area contributed by atoms with Crippen molar-refractivity contribution in [2.75, 3.05) is 5.32 Å². The van der Waals surface area contributed by atoms with Crippen LogP contribution in [0.2, 0.25) is 5.02 Å². The Morgan fingerprint density at radius 3 is 2.68 bits per heavy atom. The third kappa shape index (κ3) is 2.87. The lowest BCUT2D eigenvalue weighted by molar-refractivity contribution is 0.102. The van der Waals surface area contributed by atoms with E-state index in [1.807, 2.05) is 43.3 Å². The molecule has 0 atom stereocenters. The van der Waals surface area contributed by atoms with E-state index in [1.165, 1.54) is 0 Å². The molecule has 0 aliphatic rings. The van der Waals surface area contributed by atoms with Gasteiger partial charge in [-0.3, -0.25) is 9.89 Å². The van der Waals surface area contributed by atoms with Crippen LogP contribution in [0.1, 0.15) is 16.1 Å².